The molecule has 0 amide bonds. The quantitative estimate of drug-likeness (QED) is 0.202. The number of hydrogen-bond acceptors (Lipinski definition) is 4. The fourth-order valence-corrected chi connectivity index (χ4v) is 2.92. The second-order valence-corrected chi connectivity index (χ2v) is 6.50. The fourth-order valence-electron chi connectivity index (χ4n) is 2.92. The molecule has 0 radical (unpaired) electrons. The average molecular weight is 513 g/mol. The molecule has 0 fully saturated rings. The molecular weight excluding hydrogens is 481 g/mol. The van der Waals surface area contributed by atoms with E-state index in [0.717, 1.165) is 42.4 Å². The predicted octanol–water partition coefficient (Wildman–Crippen LogP) is 4.28. The number of methoxy groups -OCH3 is 2. The smallest absolute Gasteiger partial charge is 0.191 e. The normalized spacial score (nSPS) is 11.9. The number of phenols is 1. The number of ether oxygens (including phenoxy) is 2. The summed E-state index contributed by atoms with van der Waals surface area (Å²) in [6.07, 6.45) is 1.85. The van der Waals surface area contributed by atoms with E-state index in [1.165, 1.54) is 5.56 Å². The third-order valence-electron chi connectivity index (χ3n) is 4.43. The van der Waals surface area contributed by atoms with Crippen LogP contribution < -0.4 is 20.1 Å². The molecule has 29 heavy (non-hydrogen) atoms. The Hall–Kier alpha value is -2.16. The summed E-state index contributed by atoms with van der Waals surface area (Å²) < 4.78 is 10.8. The summed E-state index contributed by atoms with van der Waals surface area (Å²) in [6.45, 7) is 5.61. The van der Waals surface area contributed by atoms with E-state index in [4.69, 9.17) is 9.47 Å². The number of hydrogen-bond donors (Lipinski definition) is 3. The number of halogens is 1. The molecule has 3 N–H and O–H groups in total. The fraction of sp³-hybridized carbons (Fsp3) is 0.409. The standard InChI is InChI=1S/C22H31N3O3.HI/c1-5-23-22(24-14-6-7-17-8-10-18(26)11-9-17)25-16(2)20-15-19(27-3)12-13-21(20)28-4;/h8-13,15-16,26H,5-7,14H2,1-4H3,(H2,23,24,25);1H. The lowest BCUT2D eigenvalue weighted by molar-refractivity contribution is 0.394. The molecule has 0 heterocycles. The number of nitrogens with zero attached hydrogens (tertiary/aromatic N) is 1. The van der Waals surface area contributed by atoms with Crippen molar-refractivity contribution >= 4 is 29.9 Å². The van der Waals surface area contributed by atoms with Gasteiger partial charge in [0.2, 0.25) is 0 Å². The summed E-state index contributed by atoms with van der Waals surface area (Å²) in [7, 11) is 3.32. The van der Waals surface area contributed by atoms with Crippen molar-refractivity contribution in [1.82, 2.24) is 10.6 Å². The molecule has 0 aliphatic heterocycles. The lowest BCUT2D eigenvalue weighted by Gasteiger charge is -2.20. The Morgan fingerprint density at radius 2 is 1.83 bits per heavy atom. The Labute approximate surface area is 190 Å². The van der Waals surface area contributed by atoms with E-state index in [0.29, 0.717) is 12.3 Å². The van der Waals surface area contributed by atoms with E-state index in [1.54, 1.807) is 26.4 Å². The van der Waals surface area contributed by atoms with E-state index in [2.05, 4.69) is 22.5 Å². The lowest BCUT2D eigenvalue weighted by Crippen LogP contribution is -2.39. The molecule has 0 saturated heterocycles. The highest BCUT2D eigenvalue weighted by molar-refractivity contribution is 14.0. The highest BCUT2D eigenvalue weighted by Crippen LogP contribution is 2.29. The second-order valence-electron chi connectivity index (χ2n) is 6.50. The topological polar surface area (TPSA) is 75.1 Å². The van der Waals surface area contributed by atoms with Gasteiger partial charge >= 0.3 is 0 Å². The van der Waals surface area contributed by atoms with Gasteiger partial charge in [-0.15, -0.1) is 24.0 Å². The first-order valence-electron chi connectivity index (χ1n) is 9.62. The Balaban J connectivity index is 0.00000420. The van der Waals surface area contributed by atoms with Crippen LogP contribution in [0.2, 0.25) is 0 Å². The Bertz CT molecular complexity index is 766. The van der Waals surface area contributed by atoms with E-state index < -0.39 is 0 Å². The molecule has 2 aromatic carbocycles. The van der Waals surface area contributed by atoms with Crippen LogP contribution in [0.3, 0.4) is 0 Å². The van der Waals surface area contributed by atoms with E-state index in [1.807, 2.05) is 37.3 Å². The van der Waals surface area contributed by atoms with Gasteiger partial charge in [-0.1, -0.05) is 12.1 Å². The van der Waals surface area contributed by atoms with Crippen molar-refractivity contribution in [2.45, 2.75) is 32.7 Å². The van der Waals surface area contributed by atoms with Crippen molar-refractivity contribution in [3.05, 3.63) is 53.6 Å². The summed E-state index contributed by atoms with van der Waals surface area (Å²) in [5.74, 6) is 2.66. The van der Waals surface area contributed by atoms with Crippen LogP contribution in [-0.4, -0.2) is 38.4 Å². The van der Waals surface area contributed by atoms with E-state index >= 15 is 0 Å². The summed E-state index contributed by atoms with van der Waals surface area (Å²) in [5, 5.41) is 16.1. The summed E-state index contributed by atoms with van der Waals surface area (Å²) in [5.41, 5.74) is 2.21. The minimum atomic E-state index is -0.0000476. The van der Waals surface area contributed by atoms with Crippen LogP contribution in [0.15, 0.2) is 47.5 Å². The molecule has 1 atom stereocenters. The molecule has 2 aromatic rings. The Morgan fingerprint density at radius 3 is 2.45 bits per heavy atom. The van der Waals surface area contributed by atoms with Crippen molar-refractivity contribution in [2.24, 2.45) is 4.99 Å². The number of aliphatic imine (C=N–C) groups is 1. The van der Waals surface area contributed by atoms with Gasteiger partial charge in [-0.3, -0.25) is 4.99 Å². The largest absolute Gasteiger partial charge is 0.508 e. The summed E-state index contributed by atoms with van der Waals surface area (Å²) in [4.78, 5) is 4.68. The van der Waals surface area contributed by atoms with Crippen molar-refractivity contribution in [3.8, 4) is 17.2 Å². The third kappa shape index (κ3) is 8.00. The van der Waals surface area contributed by atoms with Gasteiger partial charge in [0.15, 0.2) is 5.96 Å². The van der Waals surface area contributed by atoms with Crippen LogP contribution in [0.4, 0.5) is 0 Å². The molecule has 160 valence electrons. The highest BCUT2D eigenvalue weighted by Gasteiger charge is 2.14. The predicted molar refractivity (Wildman–Crippen MR) is 129 cm³/mol. The minimum Gasteiger partial charge on any atom is -0.508 e. The maximum Gasteiger partial charge on any atom is 0.191 e. The first-order valence-corrected chi connectivity index (χ1v) is 9.62. The van der Waals surface area contributed by atoms with Crippen molar-refractivity contribution in [2.75, 3.05) is 27.3 Å². The molecule has 7 heteroatoms. The number of guanidine groups is 1. The first-order chi connectivity index (χ1) is 13.6. The van der Waals surface area contributed by atoms with Gasteiger partial charge in [0.1, 0.15) is 17.2 Å². The van der Waals surface area contributed by atoms with Crippen LogP contribution in [-0.2, 0) is 6.42 Å². The molecule has 0 aromatic heterocycles. The number of nitrogens with one attached hydrogen (secondary N) is 2. The van der Waals surface area contributed by atoms with Gasteiger partial charge in [-0.25, -0.2) is 0 Å². The van der Waals surface area contributed by atoms with E-state index in [-0.39, 0.29) is 30.0 Å². The zero-order chi connectivity index (χ0) is 20.4. The van der Waals surface area contributed by atoms with Crippen LogP contribution in [0.5, 0.6) is 17.2 Å². The highest BCUT2D eigenvalue weighted by atomic mass is 127. The van der Waals surface area contributed by atoms with Crippen LogP contribution >= 0.6 is 24.0 Å². The summed E-state index contributed by atoms with van der Waals surface area (Å²) in [6, 6.07) is 13.1. The molecule has 0 spiro atoms. The number of phenolic OH excluding ortho intramolecular Hbond substituents is 1. The maximum atomic E-state index is 9.35. The second kappa shape index (κ2) is 13.1. The Morgan fingerprint density at radius 1 is 1.10 bits per heavy atom. The summed E-state index contributed by atoms with van der Waals surface area (Å²) >= 11 is 0. The maximum absolute atomic E-state index is 9.35. The van der Waals surface area contributed by atoms with Crippen LogP contribution in [0.1, 0.15) is 37.4 Å². The van der Waals surface area contributed by atoms with Gasteiger partial charge < -0.3 is 25.2 Å². The van der Waals surface area contributed by atoms with Gasteiger partial charge in [0, 0.05) is 18.7 Å². The minimum absolute atomic E-state index is 0. The van der Waals surface area contributed by atoms with Gasteiger partial charge in [-0.2, -0.15) is 0 Å². The zero-order valence-electron chi connectivity index (χ0n) is 17.6. The molecule has 6 nitrogen and oxygen atoms in total. The number of benzene rings is 2. The monoisotopic (exact) mass is 513 g/mol. The number of rotatable bonds is 9. The van der Waals surface area contributed by atoms with Gasteiger partial charge in [0.05, 0.1) is 20.3 Å². The SMILES string of the molecule is CCNC(=NCCCc1ccc(O)cc1)NC(C)c1cc(OC)ccc1OC.I. The third-order valence-corrected chi connectivity index (χ3v) is 4.43. The first kappa shape index (κ1) is 24.9. The molecular formula is C22H32IN3O3. The zero-order valence-corrected chi connectivity index (χ0v) is 19.9. The number of aryl methyl sites for hydroxylation is 1. The molecule has 2 rings (SSSR count). The van der Waals surface area contributed by atoms with Gasteiger partial charge in [0.25, 0.3) is 0 Å². The van der Waals surface area contributed by atoms with E-state index in [9.17, 15) is 5.11 Å². The van der Waals surface area contributed by atoms with Crippen molar-refractivity contribution in [1.29, 1.82) is 0 Å². The molecule has 0 aliphatic rings. The van der Waals surface area contributed by atoms with Crippen LogP contribution in [0.25, 0.3) is 0 Å². The van der Waals surface area contributed by atoms with Crippen LogP contribution in [0, 0.1) is 0 Å². The van der Waals surface area contributed by atoms with Gasteiger partial charge in [-0.05, 0) is 62.6 Å². The Kier molecular flexibility index (Phi) is 11.3. The average Bonchev–Trinajstić information content (AvgIpc) is 2.72. The molecule has 1 unspecified atom stereocenters. The molecule has 0 bridgehead atoms. The van der Waals surface area contributed by atoms with Crippen molar-refractivity contribution in [3.63, 3.8) is 0 Å². The molecule has 0 aliphatic carbocycles. The van der Waals surface area contributed by atoms with Crippen molar-refractivity contribution < 1.29 is 14.6 Å². The lowest BCUT2D eigenvalue weighted by atomic mass is 10.1. The molecule has 0 saturated carbocycles. The number of aromatic hydroxyl groups is 1.